The van der Waals surface area contributed by atoms with Crippen LogP contribution in [0, 0.1) is 11.6 Å². The highest BCUT2D eigenvalue weighted by molar-refractivity contribution is 6.31. The summed E-state index contributed by atoms with van der Waals surface area (Å²) in [5.41, 5.74) is 1.14. The number of hydrogen-bond acceptors (Lipinski definition) is 3. The molecule has 0 aliphatic carbocycles. The lowest BCUT2D eigenvalue weighted by Crippen LogP contribution is -2.50. The Morgan fingerprint density at radius 3 is 2.25 bits per heavy atom. The second kappa shape index (κ2) is 9.12. The number of rotatable bonds is 5. The summed E-state index contributed by atoms with van der Waals surface area (Å²) in [6.45, 7) is 2.85. The van der Waals surface area contributed by atoms with E-state index < -0.39 is 11.7 Å². The first-order valence-corrected chi connectivity index (χ1v) is 9.28. The summed E-state index contributed by atoms with van der Waals surface area (Å²) in [4.78, 5) is 28.1. The van der Waals surface area contributed by atoms with E-state index >= 15 is 0 Å². The zero-order valence-electron chi connectivity index (χ0n) is 15.1. The van der Waals surface area contributed by atoms with E-state index in [1.54, 1.807) is 11.0 Å². The fourth-order valence-electron chi connectivity index (χ4n) is 3.02. The molecule has 28 heavy (non-hydrogen) atoms. The number of hydrogen-bond donors (Lipinski definition) is 1. The van der Waals surface area contributed by atoms with Gasteiger partial charge in [0.25, 0.3) is 5.91 Å². The lowest BCUT2D eigenvalue weighted by Gasteiger charge is -2.35. The monoisotopic (exact) mass is 407 g/mol. The van der Waals surface area contributed by atoms with Crippen LogP contribution in [0.2, 0.25) is 5.02 Å². The van der Waals surface area contributed by atoms with Crippen LogP contribution in [-0.4, -0.2) is 54.3 Å². The molecule has 1 aliphatic rings. The predicted molar refractivity (Wildman–Crippen MR) is 102 cm³/mol. The maximum absolute atomic E-state index is 13.1. The first kappa shape index (κ1) is 20.2. The molecule has 1 aliphatic heterocycles. The molecule has 0 aromatic heterocycles. The van der Waals surface area contributed by atoms with Crippen LogP contribution >= 0.6 is 11.6 Å². The molecule has 5 nitrogen and oxygen atoms in total. The van der Waals surface area contributed by atoms with E-state index in [9.17, 15) is 18.4 Å². The van der Waals surface area contributed by atoms with Gasteiger partial charge in [0.05, 0.1) is 6.54 Å². The number of piperazine rings is 1. The molecule has 2 aromatic rings. The fourth-order valence-corrected chi connectivity index (χ4v) is 3.24. The Bertz CT molecular complexity index is 853. The second-order valence-corrected chi connectivity index (χ2v) is 6.99. The van der Waals surface area contributed by atoms with Crippen LogP contribution in [0.15, 0.2) is 42.5 Å². The van der Waals surface area contributed by atoms with Crippen molar-refractivity contribution in [3.63, 3.8) is 0 Å². The molecule has 1 saturated heterocycles. The molecule has 0 unspecified atom stereocenters. The summed E-state index contributed by atoms with van der Waals surface area (Å²) in [6, 6.07) is 9.47. The van der Waals surface area contributed by atoms with Crippen LogP contribution in [0.3, 0.4) is 0 Å². The van der Waals surface area contributed by atoms with E-state index in [0.717, 1.165) is 5.56 Å². The number of carbonyl (C=O) groups excluding carboxylic acids is 2. The van der Waals surface area contributed by atoms with E-state index in [0.29, 0.717) is 43.3 Å². The standard InChI is InChI=1S/C20H20ClF2N3O2/c21-18-11-17(23)6-3-15(18)13-25-7-9-26(10-8-25)19(27)12-24-20(28)14-1-4-16(22)5-2-14/h1-6,11H,7-10,12-13H2,(H,24,28). The minimum atomic E-state index is -0.424. The Hall–Kier alpha value is -2.51. The van der Waals surface area contributed by atoms with Crippen LogP contribution in [0.1, 0.15) is 15.9 Å². The van der Waals surface area contributed by atoms with Crippen molar-refractivity contribution in [2.24, 2.45) is 0 Å². The molecule has 2 aromatic carbocycles. The van der Waals surface area contributed by atoms with Crippen LogP contribution < -0.4 is 5.32 Å². The number of amides is 2. The van der Waals surface area contributed by atoms with Gasteiger partial charge in [0.1, 0.15) is 11.6 Å². The highest BCUT2D eigenvalue weighted by atomic mass is 35.5. The van der Waals surface area contributed by atoms with Gasteiger partial charge in [0.15, 0.2) is 0 Å². The van der Waals surface area contributed by atoms with Crippen LogP contribution in [0.25, 0.3) is 0 Å². The molecule has 0 saturated carbocycles. The fraction of sp³-hybridized carbons (Fsp3) is 0.300. The average molecular weight is 408 g/mol. The largest absolute Gasteiger partial charge is 0.343 e. The van der Waals surface area contributed by atoms with Crippen LogP contribution in [-0.2, 0) is 11.3 Å². The molecule has 1 heterocycles. The Balaban J connectivity index is 1.44. The molecule has 0 atom stereocenters. The molecule has 2 amide bonds. The average Bonchev–Trinajstić information content (AvgIpc) is 2.69. The second-order valence-electron chi connectivity index (χ2n) is 6.58. The van der Waals surface area contributed by atoms with Gasteiger partial charge >= 0.3 is 0 Å². The molecular weight excluding hydrogens is 388 g/mol. The maximum Gasteiger partial charge on any atom is 0.251 e. The van der Waals surface area contributed by atoms with E-state index in [4.69, 9.17) is 11.6 Å². The highest BCUT2D eigenvalue weighted by Crippen LogP contribution is 2.19. The number of benzene rings is 2. The van der Waals surface area contributed by atoms with Crippen molar-refractivity contribution in [3.8, 4) is 0 Å². The third-order valence-electron chi connectivity index (χ3n) is 4.64. The summed E-state index contributed by atoms with van der Waals surface area (Å²) in [6.07, 6.45) is 0. The highest BCUT2D eigenvalue weighted by Gasteiger charge is 2.22. The van der Waals surface area contributed by atoms with E-state index in [-0.39, 0.29) is 18.3 Å². The van der Waals surface area contributed by atoms with Gasteiger partial charge < -0.3 is 10.2 Å². The minimum Gasteiger partial charge on any atom is -0.343 e. The Labute approximate surface area is 166 Å². The van der Waals surface area contributed by atoms with Crippen molar-refractivity contribution >= 4 is 23.4 Å². The molecule has 0 bridgehead atoms. The van der Waals surface area contributed by atoms with Crippen molar-refractivity contribution < 1.29 is 18.4 Å². The zero-order chi connectivity index (χ0) is 20.1. The summed E-state index contributed by atoms with van der Waals surface area (Å²) in [7, 11) is 0. The maximum atomic E-state index is 13.1. The summed E-state index contributed by atoms with van der Waals surface area (Å²) in [5.74, 6) is -1.38. The van der Waals surface area contributed by atoms with Gasteiger partial charge in [-0.25, -0.2) is 8.78 Å². The van der Waals surface area contributed by atoms with Gasteiger partial charge in [0.2, 0.25) is 5.91 Å². The van der Waals surface area contributed by atoms with Gasteiger partial charge in [-0.15, -0.1) is 0 Å². The predicted octanol–water partition coefficient (Wildman–Crippen LogP) is 2.69. The van der Waals surface area contributed by atoms with Crippen molar-refractivity contribution in [1.82, 2.24) is 15.1 Å². The molecule has 0 spiro atoms. The quantitative estimate of drug-likeness (QED) is 0.829. The molecule has 1 N–H and O–H groups in total. The van der Waals surface area contributed by atoms with Gasteiger partial charge in [0, 0.05) is 43.3 Å². The molecule has 0 radical (unpaired) electrons. The van der Waals surface area contributed by atoms with E-state index in [2.05, 4.69) is 10.2 Å². The summed E-state index contributed by atoms with van der Waals surface area (Å²) in [5, 5.41) is 2.95. The number of carbonyl (C=O) groups is 2. The van der Waals surface area contributed by atoms with Gasteiger partial charge in [-0.2, -0.15) is 0 Å². The van der Waals surface area contributed by atoms with Crippen molar-refractivity contribution in [3.05, 3.63) is 70.2 Å². The molecule has 148 valence electrons. The van der Waals surface area contributed by atoms with Gasteiger partial charge in [-0.3, -0.25) is 14.5 Å². The summed E-state index contributed by atoms with van der Waals surface area (Å²) >= 11 is 6.07. The first-order chi connectivity index (χ1) is 13.4. The zero-order valence-corrected chi connectivity index (χ0v) is 15.9. The van der Waals surface area contributed by atoms with Crippen molar-refractivity contribution in [1.29, 1.82) is 0 Å². The Morgan fingerprint density at radius 2 is 1.61 bits per heavy atom. The van der Waals surface area contributed by atoms with Gasteiger partial charge in [-0.1, -0.05) is 17.7 Å². The van der Waals surface area contributed by atoms with Crippen molar-refractivity contribution in [2.75, 3.05) is 32.7 Å². The lowest BCUT2D eigenvalue weighted by molar-refractivity contribution is -0.131. The number of halogens is 3. The minimum absolute atomic E-state index is 0.111. The Morgan fingerprint density at radius 1 is 0.964 bits per heavy atom. The van der Waals surface area contributed by atoms with Crippen LogP contribution in [0.5, 0.6) is 0 Å². The number of nitrogens with one attached hydrogen (secondary N) is 1. The Kier molecular flexibility index (Phi) is 6.59. The van der Waals surface area contributed by atoms with Crippen molar-refractivity contribution in [2.45, 2.75) is 6.54 Å². The normalized spacial score (nSPS) is 14.8. The van der Waals surface area contributed by atoms with E-state index in [1.165, 1.54) is 36.4 Å². The third kappa shape index (κ3) is 5.27. The topological polar surface area (TPSA) is 52.7 Å². The third-order valence-corrected chi connectivity index (χ3v) is 4.99. The smallest absolute Gasteiger partial charge is 0.251 e. The first-order valence-electron chi connectivity index (χ1n) is 8.90. The van der Waals surface area contributed by atoms with E-state index in [1.807, 2.05) is 0 Å². The summed E-state index contributed by atoms with van der Waals surface area (Å²) < 4.78 is 26.0. The molecule has 3 rings (SSSR count). The van der Waals surface area contributed by atoms with Crippen LogP contribution in [0.4, 0.5) is 8.78 Å². The molecule has 1 fully saturated rings. The SMILES string of the molecule is O=C(NCC(=O)N1CCN(Cc2ccc(F)cc2Cl)CC1)c1ccc(F)cc1. The molecular formula is C20H20ClF2N3O2. The lowest BCUT2D eigenvalue weighted by atomic mass is 10.2. The number of nitrogens with zero attached hydrogens (tertiary/aromatic N) is 2. The van der Waals surface area contributed by atoms with Gasteiger partial charge in [-0.05, 0) is 42.0 Å². The molecule has 8 heteroatoms.